The fraction of sp³-hybridized carbons (Fsp3) is 0.346. The average Bonchev–Trinajstić information content (AvgIpc) is 3.34. The molecule has 1 aromatic heterocycles. The van der Waals surface area contributed by atoms with Gasteiger partial charge in [0.05, 0.1) is 19.1 Å². The maximum absolute atomic E-state index is 13.3. The maximum Gasteiger partial charge on any atom is 0.408 e. The van der Waals surface area contributed by atoms with E-state index in [-0.39, 0.29) is 18.0 Å². The van der Waals surface area contributed by atoms with Gasteiger partial charge in [-0.05, 0) is 42.8 Å². The van der Waals surface area contributed by atoms with Gasteiger partial charge in [-0.15, -0.1) is 5.10 Å². The summed E-state index contributed by atoms with van der Waals surface area (Å²) in [5, 5.41) is 13.9. The van der Waals surface area contributed by atoms with Gasteiger partial charge in [0.15, 0.2) is 11.6 Å². The molecule has 0 aliphatic carbocycles. The number of tetrazole rings is 1. The summed E-state index contributed by atoms with van der Waals surface area (Å²) in [6.45, 7) is 4.63. The minimum Gasteiger partial charge on any atom is -0.465 e. The zero-order chi connectivity index (χ0) is 27.7. The lowest BCUT2D eigenvalue weighted by Gasteiger charge is -2.22. The van der Waals surface area contributed by atoms with Crippen LogP contribution in [0.25, 0.3) is 11.4 Å². The number of rotatable bonds is 10. The number of carbonyl (C=O) groups is 4. The largest absolute Gasteiger partial charge is 0.465 e. The molecule has 1 N–H and O–H groups in total. The van der Waals surface area contributed by atoms with Crippen LogP contribution in [0.2, 0.25) is 0 Å². The van der Waals surface area contributed by atoms with Crippen molar-refractivity contribution in [3.63, 3.8) is 0 Å². The highest BCUT2D eigenvalue weighted by atomic mass is 16.6. The van der Waals surface area contributed by atoms with Crippen molar-refractivity contribution >= 4 is 23.8 Å². The summed E-state index contributed by atoms with van der Waals surface area (Å²) in [6.07, 6.45) is -1.32. The van der Waals surface area contributed by atoms with Gasteiger partial charge in [-0.1, -0.05) is 48.5 Å². The molecule has 0 aliphatic heterocycles. The van der Waals surface area contributed by atoms with Crippen LogP contribution in [-0.4, -0.2) is 62.8 Å². The molecular weight excluding hydrogens is 494 g/mol. The number of hydrogen-bond acceptors (Lipinski definition) is 10. The predicted octanol–water partition coefficient (Wildman–Crippen LogP) is 2.72. The molecule has 0 radical (unpaired) electrons. The number of alkyl carbamates (subject to hydrolysis) is 1. The van der Waals surface area contributed by atoms with Gasteiger partial charge in [-0.25, -0.2) is 14.3 Å². The van der Waals surface area contributed by atoms with Gasteiger partial charge in [0.2, 0.25) is 0 Å². The Morgan fingerprint density at radius 3 is 2.37 bits per heavy atom. The molecule has 0 fully saturated rings. The smallest absolute Gasteiger partial charge is 0.408 e. The van der Waals surface area contributed by atoms with E-state index in [1.54, 1.807) is 63.2 Å². The van der Waals surface area contributed by atoms with E-state index in [1.807, 2.05) is 6.07 Å². The molecule has 1 heterocycles. The van der Waals surface area contributed by atoms with Crippen LogP contribution < -0.4 is 5.32 Å². The third kappa shape index (κ3) is 7.95. The van der Waals surface area contributed by atoms with Crippen molar-refractivity contribution in [2.75, 3.05) is 7.11 Å². The first-order valence-corrected chi connectivity index (χ1v) is 11.7. The van der Waals surface area contributed by atoms with Crippen LogP contribution >= 0.6 is 0 Å². The monoisotopic (exact) mass is 523 g/mol. The molecule has 38 heavy (non-hydrogen) atoms. The second kappa shape index (κ2) is 12.6. The SMILES string of the molecule is COC(=O)c1ccccc1-c1nnnn1CC(=O)C(CC(=O)OC(C)(C)C)NC(=O)OCc1ccccc1. The van der Waals surface area contributed by atoms with Gasteiger partial charge in [0.25, 0.3) is 0 Å². The normalized spacial score (nSPS) is 11.8. The first-order valence-electron chi connectivity index (χ1n) is 11.7. The molecule has 0 spiro atoms. The van der Waals surface area contributed by atoms with Crippen molar-refractivity contribution in [1.82, 2.24) is 25.5 Å². The quantitative estimate of drug-likeness (QED) is 0.310. The highest BCUT2D eigenvalue weighted by Gasteiger charge is 2.29. The number of carbonyl (C=O) groups excluding carboxylic acids is 4. The highest BCUT2D eigenvalue weighted by Crippen LogP contribution is 2.22. The van der Waals surface area contributed by atoms with E-state index < -0.39 is 48.4 Å². The molecule has 0 bridgehead atoms. The Kier molecular flexibility index (Phi) is 9.25. The Balaban J connectivity index is 1.79. The van der Waals surface area contributed by atoms with Gasteiger partial charge in [0, 0.05) is 5.56 Å². The first kappa shape index (κ1) is 28.0. The molecule has 12 nitrogen and oxygen atoms in total. The summed E-state index contributed by atoms with van der Waals surface area (Å²) in [4.78, 5) is 50.5. The zero-order valence-electron chi connectivity index (χ0n) is 21.5. The van der Waals surface area contributed by atoms with Crippen molar-refractivity contribution in [2.24, 2.45) is 0 Å². The Morgan fingerprint density at radius 1 is 1.00 bits per heavy atom. The van der Waals surface area contributed by atoms with E-state index in [4.69, 9.17) is 14.2 Å². The summed E-state index contributed by atoms with van der Waals surface area (Å²) in [5.74, 6) is -1.75. The Labute approximate surface area is 219 Å². The Morgan fingerprint density at radius 2 is 1.68 bits per heavy atom. The van der Waals surface area contributed by atoms with Gasteiger partial charge in [0.1, 0.15) is 24.8 Å². The van der Waals surface area contributed by atoms with Crippen LogP contribution in [0.1, 0.15) is 43.1 Å². The molecule has 0 saturated carbocycles. The van der Waals surface area contributed by atoms with E-state index >= 15 is 0 Å². The van der Waals surface area contributed by atoms with E-state index in [2.05, 4.69) is 20.8 Å². The van der Waals surface area contributed by atoms with Crippen LogP contribution in [-0.2, 0) is 37.0 Å². The standard InChI is InChI=1S/C26H29N5O7/c1-26(2,3)38-22(33)14-20(27-25(35)37-16-17-10-6-5-7-11-17)21(32)15-31-23(28-29-30-31)18-12-8-9-13-19(18)24(34)36-4/h5-13,20H,14-16H2,1-4H3,(H,27,35). The number of amides is 1. The first-order chi connectivity index (χ1) is 18.1. The molecule has 1 atom stereocenters. The Hall–Kier alpha value is -4.61. The minimum absolute atomic E-state index is 0.0263. The number of esters is 2. The summed E-state index contributed by atoms with van der Waals surface area (Å²) in [5.41, 5.74) is 0.502. The van der Waals surface area contributed by atoms with Gasteiger partial charge >= 0.3 is 18.0 Å². The fourth-order valence-electron chi connectivity index (χ4n) is 3.43. The molecule has 1 amide bonds. The van der Waals surface area contributed by atoms with Crippen molar-refractivity contribution in [3.05, 3.63) is 65.7 Å². The number of hydrogen-bond donors (Lipinski definition) is 1. The number of nitrogens with one attached hydrogen (secondary N) is 1. The number of ketones is 1. The van der Waals surface area contributed by atoms with Crippen molar-refractivity contribution in [1.29, 1.82) is 0 Å². The number of ether oxygens (including phenoxy) is 3. The molecule has 12 heteroatoms. The van der Waals surface area contributed by atoms with Crippen LogP contribution in [0.4, 0.5) is 4.79 Å². The van der Waals surface area contributed by atoms with Crippen LogP contribution in [0.5, 0.6) is 0 Å². The summed E-state index contributed by atoms with van der Waals surface area (Å²) in [6, 6.07) is 14.2. The number of Topliss-reactive ketones (excluding diaryl/α,β-unsaturated/α-hetero) is 1. The molecule has 2 aromatic carbocycles. The molecule has 3 rings (SSSR count). The molecule has 200 valence electrons. The van der Waals surface area contributed by atoms with Gasteiger partial charge < -0.3 is 19.5 Å². The maximum atomic E-state index is 13.3. The highest BCUT2D eigenvalue weighted by molar-refractivity contribution is 5.96. The van der Waals surface area contributed by atoms with Crippen LogP contribution in [0, 0.1) is 0 Å². The van der Waals surface area contributed by atoms with Crippen LogP contribution in [0.15, 0.2) is 54.6 Å². The van der Waals surface area contributed by atoms with Crippen LogP contribution in [0.3, 0.4) is 0 Å². The number of benzene rings is 2. The second-order valence-corrected chi connectivity index (χ2v) is 9.21. The third-order valence-electron chi connectivity index (χ3n) is 5.10. The predicted molar refractivity (Wildman–Crippen MR) is 134 cm³/mol. The van der Waals surface area contributed by atoms with E-state index in [9.17, 15) is 19.2 Å². The molecule has 0 saturated heterocycles. The lowest BCUT2D eigenvalue weighted by atomic mass is 10.1. The topological polar surface area (TPSA) is 152 Å². The van der Waals surface area contributed by atoms with Crippen molar-refractivity contribution < 1.29 is 33.4 Å². The lowest BCUT2D eigenvalue weighted by molar-refractivity contribution is -0.156. The summed E-state index contributed by atoms with van der Waals surface area (Å²) in [7, 11) is 1.25. The number of nitrogens with zero attached hydrogens (tertiary/aromatic N) is 4. The van der Waals surface area contributed by atoms with Crippen molar-refractivity contribution in [3.8, 4) is 11.4 Å². The summed E-state index contributed by atoms with van der Waals surface area (Å²) >= 11 is 0. The minimum atomic E-state index is -1.29. The second-order valence-electron chi connectivity index (χ2n) is 9.21. The van der Waals surface area contributed by atoms with Gasteiger partial charge in [-0.3, -0.25) is 9.59 Å². The van der Waals surface area contributed by atoms with E-state index in [1.165, 1.54) is 17.9 Å². The zero-order valence-corrected chi connectivity index (χ0v) is 21.5. The molecule has 3 aromatic rings. The van der Waals surface area contributed by atoms with E-state index in [0.717, 1.165) is 5.56 Å². The number of methoxy groups -OCH3 is 1. The number of aromatic nitrogens is 4. The van der Waals surface area contributed by atoms with Gasteiger partial charge in [-0.2, -0.15) is 0 Å². The third-order valence-corrected chi connectivity index (χ3v) is 5.10. The van der Waals surface area contributed by atoms with E-state index in [0.29, 0.717) is 5.56 Å². The molecule has 0 aliphatic rings. The lowest BCUT2D eigenvalue weighted by Crippen LogP contribution is -2.45. The average molecular weight is 524 g/mol. The Bertz CT molecular complexity index is 1280. The van der Waals surface area contributed by atoms with Crippen molar-refractivity contribution in [2.45, 2.75) is 52.0 Å². The fourth-order valence-corrected chi connectivity index (χ4v) is 3.43. The summed E-state index contributed by atoms with van der Waals surface area (Å²) < 4.78 is 16.5. The molecule has 1 unspecified atom stereocenters. The molecular formula is C26H29N5O7.